The lowest BCUT2D eigenvalue weighted by Gasteiger charge is -2.29. The van der Waals surface area contributed by atoms with Crippen LogP contribution >= 0.6 is 11.6 Å². The number of anilines is 1. The van der Waals surface area contributed by atoms with Gasteiger partial charge in [-0.3, -0.25) is 4.79 Å². The molecular weight excluding hydrogens is 450 g/mol. The van der Waals surface area contributed by atoms with Gasteiger partial charge in [-0.15, -0.1) is 0 Å². The van der Waals surface area contributed by atoms with E-state index in [9.17, 15) is 13.2 Å². The highest BCUT2D eigenvalue weighted by atomic mass is 35.5. The number of halogens is 1. The number of nitrogens with one attached hydrogen (secondary N) is 1. The summed E-state index contributed by atoms with van der Waals surface area (Å²) in [5.41, 5.74) is 0.612. The lowest BCUT2D eigenvalue weighted by atomic mass is 10.1. The Morgan fingerprint density at radius 1 is 1.00 bits per heavy atom. The molecule has 2 saturated heterocycles. The summed E-state index contributed by atoms with van der Waals surface area (Å²) in [4.78, 5) is 15.3. The fraction of sp³-hybridized carbons (Fsp3) is 0.435. The molecule has 2 aromatic carbocycles. The van der Waals surface area contributed by atoms with Crippen LogP contribution in [0.3, 0.4) is 0 Å². The molecule has 0 saturated carbocycles. The van der Waals surface area contributed by atoms with Crippen molar-refractivity contribution >= 4 is 33.2 Å². The number of ether oxygens (including phenoxy) is 1. The highest BCUT2D eigenvalue weighted by molar-refractivity contribution is 7.89. The summed E-state index contributed by atoms with van der Waals surface area (Å²) in [6, 6.07) is 12.5. The highest BCUT2D eigenvalue weighted by Gasteiger charge is 2.39. The fourth-order valence-electron chi connectivity index (χ4n) is 4.17. The molecular formula is C23H28ClN3O4S. The van der Waals surface area contributed by atoms with Gasteiger partial charge in [0.15, 0.2) is 0 Å². The molecule has 0 spiro atoms. The number of likely N-dealkylation sites (tertiary alicyclic amines) is 1. The molecule has 0 aliphatic carbocycles. The summed E-state index contributed by atoms with van der Waals surface area (Å²) in [6.07, 6.45) is 3.31. The first-order valence-corrected chi connectivity index (χ1v) is 12.7. The molecule has 0 aromatic heterocycles. The Morgan fingerprint density at radius 3 is 2.31 bits per heavy atom. The second-order valence-electron chi connectivity index (χ2n) is 8.36. The molecule has 2 aliphatic rings. The van der Waals surface area contributed by atoms with Crippen LogP contribution in [0.4, 0.5) is 5.69 Å². The third-order valence-corrected chi connectivity index (χ3v) is 8.19. The number of carbonyl (C=O) groups excluding carboxylic acids is 1. The van der Waals surface area contributed by atoms with E-state index in [4.69, 9.17) is 16.3 Å². The Morgan fingerprint density at radius 2 is 1.66 bits per heavy atom. The summed E-state index contributed by atoms with van der Waals surface area (Å²) >= 11 is 5.88. The molecule has 172 valence electrons. The lowest BCUT2D eigenvalue weighted by Crippen LogP contribution is -2.43. The van der Waals surface area contributed by atoms with Crippen LogP contribution in [0, 0.1) is 0 Å². The van der Waals surface area contributed by atoms with Crippen LogP contribution in [0.1, 0.15) is 25.7 Å². The van der Waals surface area contributed by atoms with Crippen LogP contribution in [-0.2, 0) is 14.8 Å². The largest absolute Gasteiger partial charge is 0.490 e. The topological polar surface area (TPSA) is 79.0 Å². The van der Waals surface area contributed by atoms with Crippen molar-refractivity contribution in [3.8, 4) is 5.75 Å². The van der Waals surface area contributed by atoms with E-state index in [1.807, 2.05) is 12.1 Å². The van der Waals surface area contributed by atoms with Gasteiger partial charge < -0.3 is 15.0 Å². The molecule has 9 heteroatoms. The number of piperidine rings is 1. The minimum Gasteiger partial charge on any atom is -0.490 e. The van der Waals surface area contributed by atoms with Crippen molar-refractivity contribution < 1.29 is 17.9 Å². The average Bonchev–Trinajstić information content (AvgIpc) is 3.28. The van der Waals surface area contributed by atoms with Gasteiger partial charge in [-0.05, 0) is 81.3 Å². The number of carbonyl (C=O) groups is 1. The van der Waals surface area contributed by atoms with Crippen LogP contribution in [-0.4, -0.2) is 62.4 Å². The molecule has 0 unspecified atom stereocenters. The van der Waals surface area contributed by atoms with E-state index in [1.165, 1.54) is 28.6 Å². The number of amides is 1. The van der Waals surface area contributed by atoms with Crippen LogP contribution in [0.5, 0.6) is 5.75 Å². The molecule has 32 heavy (non-hydrogen) atoms. The van der Waals surface area contributed by atoms with E-state index >= 15 is 0 Å². The number of hydrogen-bond donors (Lipinski definition) is 1. The molecule has 2 fully saturated rings. The van der Waals surface area contributed by atoms with Gasteiger partial charge in [-0.2, -0.15) is 4.31 Å². The maximum Gasteiger partial charge on any atom is 0.243 e. The second kappa shape index (κ2) is 9.79. The zero-order valence-corrected chi connectivity index (χ0v) is 19.6. The Kier molecular flexibility index (Phi) is 7.05. The molecule has 7 nitrogen and oxygen atoms in total. The van der Waals surface area contributed by atoms with Gasteiger partial charge >= 0.3 is 0 Å². The summed E-state index contributed by atoms with van der Waals surface area (Å²) < 4.78 is 33.4. The predicted molar refractivity (Wildman–Crippen MR) is 125 cm³/mol. The van der Waals surface area contributed by atoms with Crippen molar-refractivity contribution in [1.29, 1.82) is 0 Å². The van der Waals surface area contributed by atoms with E-state index in [1.54, 1.807) is 12.1 Å². The minimum absolute atomic E-state index is 0.136. The standard InChI is InChI=1S/C23H28ClN3O4S/c1-26-15-12-20(13-16-26)31-19-8-6-18(7-9-19)25-23(28)22-3-2-14-27(22)32(29,30)21-10-4-17(24)5-11-21/h4-11,20,22H,2-3,12-16H2,1H3,(H,25,28)/t22-/m1/s1. The monoisotopic (exact) mass is 477 g/mol. The average molecular weight is 478 g/mol. The second-order valence-corrected chi connectivity index (χ2v) is 10.7. The zero-order chi connectivity index (χ0) is 22.7. The SMILES string of the molecule is CN1CCC(Oc2ccc(NC(=O)[C@H]3CCCN3S(=O)(=O)c3ccc(Cl)cc3)cc2)CC1. The number of hydrogen-bond acceptors (Lipinski definition) is 5. The van der Waals surface area contributed by atoms with Crippen molar-refractivity contribution in [2.45, 2.75) is 42.7 Å². The van der Waals surface area contributed by atoms with Gasteiger partial charge in [-0.1, -0.05) is 11.6 Å². The Bertz CT molecular complexity index is 1040. The highest BCUT2D eigenvalue weighted by Crippen LogP contribution is 2.28. The molecule has 1 amide bonds. The maximum absolute atomic E-state index is 13.1. The van der Waals surface area contributed by atoms with Gasteiger partial charge in [0.2, 0.25) is 15.9 Å². The number of sulfonamides is 1. The summed E-state index contributed by atoms with van der Waals surface area (Å²) in [5, 5.41) is 3.32. The van der Waals surface area contributed by atoms with Crippen LogP contribution in [0.2, 0.25) is 5.02 Å². The summed E-state index contributed by atoms with van der Waals surface area (Å²) in [6.45, 7) is 2.36. The van der Waals surface area contributed by atoms with Gasteiger partial charge in [0.05, 0.1) is 4.90 Å². The van der Waals surface area contributed by atoms with Gasteiger partial charge in [0.25, 0.3) is 0 Å². The first kappa shape index (κ1) is 23.0. The normalized spacial score (nSPS) is 20.9. The first-order valence-electron chi connectivity index (χ1n) is 10.9. The smallest absolute Gasteiger partial charge is 0.243 e. The van der Waals surface area contributed by atoms with E-state index in [0.29, 0.717) is 30.1 Å². The van der Waals surface area contributed by atoms with Gasteiger partial charge in [0.1, 0.15) is 17.9 Å². The Hall–Kier alpha value is -2.13. The van der Waals surface area contributed by atoms with E-state index in [0.717, 1.165) is 31.7 Å². The van der Waals surface area contributed by atoms with Crippen molar-refractivity contribution in [1.82, 2.24) is 9.21 Å². The van der Waals surface area contributed by atoms with Crippen LogP contribution < -0.4 is 10.1 Å². The van der Waals surface area contributed by atoms with Crippen molar-refractivity contribution in [2.75, 3.05) is 32.0 Å². The molecule has 0 bridgehead atoms. The maximum atomic E-state index is 13.1. The fourth-order valence-corrected chi connectivity index (χ4v) is 5.95. The van der Waals surface area contributed by atoms with E-state index < -0.39 is 16.1 Å². The molecule has 0 radical (unpaired) electrons. The number of nitrogens with zero attached hydrogens (tertiary/aromatic N) is 2. The lowest BCUT2D eigenvalue weighted by molar-refractivity contribution is -0.119. The molecule has 2 aliphatic heterocycles. The van der Waals surface area contributed by atoms with Gasteiger partial charge in [0, 0.05) is 30.3 Å². The molecule has 2 aromatic rings. The molecule has 1 N–H and O–H groups in total. The molecule has 2 heterocycles. The quantitative estimate of drug-likeness (QED) is 0.687. The van der Waals surface area contributed by atoms with E-state index in [2.05, 4.69) is 17.3 Å². The van der Waals surface area contributed by atoms with Crippen molar-refractivity contribution in [3.63, 3.8) is 0 Å². The molecule has 1 atom stereocenters. The van der Waals surface area contributed by atoms with Crippen LogP contribution in [0.25, 0.3) is 0 Å². The van der Waals surface area contributed by atoms with Crippen molar-refractivity contribution in [2.24, 2.45) is 0 Å². The third-order valence-electron chi connectivity index (χ3n) is 6.02. The number of benzene rings is 2. The van der Waals surface area contributed by atoms with Crippen LogP contribution in [0.15, 0.2) is 53.4 Å². The summed E-state index contributed by atoms with van der Waals surface area (Å²) in [7, 11) is -1.67. The van der Waals surface area contributed by atoms with E-state index in [-0.39, 0.29) is 16.9 Å². The van der Waals surface area contributed by atoms with Crippen molar-refractivity contribution in [3.05, 3.63) is 53.6 Å². The predicted octanol–water partition coefficient (Wildman–Crippen LogP) is 3.60. The zero-order valence-electron chi connectivity index (χ0n) is 18.0. The molecule has 4 rings (SSSR count). The Balaban J connectivity index is 1.39. The minimum atomic E-state index is -3.78. The number of rotatable bonds is 6. The first-order chi connectivity index (χ1) is 15.3. The van der Waals surface area contributed by atoms with Gasteiger partial charge in [-0.25, -0.2) is 8.42 Å². The Labute approximate surface area is 194 Å². The third kappa shape index (κ3) is 5.26. The summed E-state index contributed by atoms with van der Waals surface area (Å²) in [5.74, 6) is 0.439.